The third kappa shape index (κ3) is 4.80. The molecule has 2 aromatic carbocycles. The Bertz CT molecular complexity index is 819. The number of hydrogen-bond donors (Lipinski definition) is 1. The highest BCUT2D eigenvalue weighted by Crippen LogP contribution is 2.24. The van der Waals surface area contributed by atoms with E-state index < -0.39 is 28.6 Å². The van der Waals surface area contributed by atoms with Crippen LogP contribution in [0.25, 0.3) is 0 Å². The predicted octanol–water partition coefficient (Wildman–Crippen LogP) is 3.23. The summed E-state index contributed by atoms with van der Waals surface area (Å²) in [5.74, 6) is -0.682. The second kappa shape index (κ2) is 7.79. The monoisotopic (exact) mass is 367 g/mol. The van der Waals surface area contributed by atoms with Crippen LogP contribution in [-0.4, -0.2) is 20.9 Å². The maximum absolute atomic E-state index is 12.1. The first-order chi connectivity index (χ1) is 11.3. The number of carbonyl (C=O) groups is 1. The average Bonchev–Trinajstić information content (AvgIpc) is 2.54. The molecule has 2 rings (SSSR count). The summed E-state index contributed by atoms with van der Waals surface area (Å²) in [6.07, 6.45) is -0.574. The van der Waals surface area contributed by atoms with E-state index in [4.69, 9.17) is 16.3 Å². The summed E-state index contributed by atoms with van der Waals surface area (Å²) < 4.78 is 31.7. The summed E-state index contributed by atoms with van der Waals surface area (Å²) in [6.45, 7) is 3.08. The lowest BCUT2D eigenvalue weighted by atomic mass is 10.1. The molecule has 5 nitrogen and oxygen atoms in total. The van der Waals surface area contributed by atoms with Crippen LogP contribution < -0.4 is 4.72 Å². The maximum atomic E-state index is 12.1. The molecule has 0 aromatic heterocycles. The molecule has 24 heavy (non-hydrogen) atoms. The van der Waals surface area contributed by atoms with Gasteiger partial charge in [0.1, 0.15) is 12.6 Å². The molecular weight excluding hydrogens is 350 g/mol. The fourth-order valence-corrected chi connectivity index (χ4v) is 3.32. The zero-order chi connectivity index (χ0) is 17.7. The average molecular weight is 368 g/mol. The smallest absolute Gasteiger partial charge is 0.321 e. The topological polar surface area (TPSA) is 72.5 Å². The molecule has 2 aromatic rings. The van der Waals surface area contributed by atoms with Gasteiger partial charge in [-0.05, 0) is 32.0 Å². The van der Waals surface area contributed by atoms with Crippen LogP contribution in [0, 0.1) is 6.92 Å². The molecule has 1 atom stereocenters. The van der Waals surface area contributed by atoms with Crippen molar-refractivity contribution >= 4 is 27.6 Å². The Balaban J connectivity index is 1.95. The Morgan fingerprint density at radius 2 is 1.79 bits per heavy atom. The summed E-state index contributed by atoms with van der Waals surface area (Å²) in [7, 11) is -3.76. The summed E-state index contributed by atoms with van der Waals surface area (Å²) in [6, 6.07) is 13.3. The van der Waals surface area contributed by atoms with Crippen LogP contribution in [-0.2, 0) is 19.6 Å². The lowest BCUT2D eigenvalue weighted by Gasteiger charge is -2.15. The third-order valence-corrected chi connectivity index (χ3v) is 5.15. The second-order valence-corrected chi connectivity index (χ2v) is 7.47. The van der Waals surface area contributed by atoms with Gasteiger partial charge in [0.15, 0.2) is 0 Å². The van der Waals surface area contributed by atoms with E-state index in [9.17, 15) is 13.2 Å². The zero-order valence-corrected chi connectivity index (χ0v) is 14.9. The van der Waals surface area contributed by atoms with Crippen molar-refractivity contribution in [2.75, 3.05) is 6.54 Å². The Morgan fingerprint density at radius 3 is 2.42 bits per heavy atom. The van der Waals surface area contributed by atoms with Gasteiger partial charge in [-0.25, -0.2) is 8.42 Å². The van der Waals surface area contributed by atoms with Crippen molar-refractivity contribution in [3.05, 3.63) is 64.7 Å². The Kier molecular flexibility index (Phi) is 5.99. The Labute approximate surface area is 146 Å². The van der Waals surface area contributed by atoms with Gasteiger partial charge in [0.25, 0.3) is 0 Å². The van der Waals surface area contributed by atoms with Gasteiger partial charge >= 0.3 is 5.97 Å². The first kappa shape index (κ1) is 18.4. The molecular formula is C17H18ClNO4S. The van der Waals surface area contributed by atoms with Gasteiger partial charge in [-0.2, -0.15) is 4.72 Å². The number of ether oxygens (including phenoxy) is 1. The highest BCUT2D eigenvalue weighted by molar-refractivity contribution is 7.89. The summed E-state index contributed by atoms with van der Waals surface area (Å²) in [4.78, 5) is 12.0. The largest absolute Gasteiger partial charge is 0.457 e. The zero-order valence-electron chi connectivity index (χ0n) is 13.3. The van der Waals surface area contributed by atoms with Crippen LogP contribution in [0.5, 0.6) is 0 Å². The summed E-state index contributed by atoms with van der Waals surface area (Å²) in [5, 5.41) is 0.484. The number of nitrogens with one attached hydrogen (secondary N) is 1. The lowest BCUT2D eigenvalue weighted by Crippen LogP contribution is -2.31. The maximum Gasteiger partial charge on any atom is 0.321 e. The van der Waals surface area contributed by atoms with Gasteiger partial charge in [0.2, 0.25) is 10.0 Å². The first-order valence-electron chi connectivity index (χ1n) is 7.30. The normalized spacial score (nSPS) is 12.6. The van der Waals surface area contributed by atoms with Crippen molar-refractivity contribution in [3.63, 3.8) is 0 Å². The molecule has 0 saturated heterocycles. The summed E-state index contributed by atoms with van der Waals surface area (Å²) >= 11 is 6.04. The predicted molar refractivity (Wildman–Crippen MR) is 92.3 cm³/mol. The highest BCUT2D eigenvalue weighted by atomic mass is 35.5. The Hall–Kier alpha value is -1.89. The number of aryl methyl sites for hydroxylation is 1. The Morgan fingerprint density at radius 1 is 1.17 bits per heavy atom. The SMILES string of the molecule is Cc1ccc(S(=O)(=O)NCC(=O)O[C@H](C)c2ccccc2Cl)cc1. The van der Waals surface area contributed by atoms with Gasteiger partial charge in [-0.15, -0.1) is 0 Å². The molecule has 7 heteroatoms. The number of hydrogen-bond acceptors (Lipinski definition) is 4. The number of sulfonamides is 1. The van der Waals surface area contributed by atoms with Crippen molar-refractivity contribution in [1.82, 2.24) is 4.72 Å². The molecule has 0 amide bonds. The lowest BCUT2D eigenvalue weighted by molar-refractivity contribution is -0.147. The van der Waals surface area contributed by atoms with E-state index in [2.05, 4.69) is 4.72 Å². The molecule has 1 N–H and O–H groups in total. The molecule has 0 aliphatic heterocycles. The van der Waals surface area contributed by atoms with E-state index >= 15 is 0 Å². The van der Waals surface area contributed by atoms with E-state index in [-0.39, 0.29) is 4.90 Å². The van der Waals surface area contributed by atoms with Crippen LogP contribution in [0.4, 0.5) is 0 Å². The van der Waals surface area contributed by atoms with Gasteiger partial charge in [-0.1, -0.05) is 47.5 Å². The molecule has 0 aliphatic carbocycles. The van der Waals surface area contributed by atoms with Crippen LogP contribution in [0.1, 0.15) is 24.2 Å². The van der Waals surface area contributed by atoms with Crippen LogP contribution >= 0.6 is 11.6 Å². The molecule has 0 radical (unpaired) electrons. The first-order valence-corrected chi connectivity index (χ1v) is 9.16. The quantitative estimate of drug-likeness (QED) is 0.795. The minimum absolute atomic E-state index is 0.0973. The standard InChI is InChI=1S/C17H18ClNO4S/c1-12-7-9-14(10-8-12)24(21,22)19-11-17(20)23-13(2)15-5-3-4-6-16(15)18/h3-10,13,19H,11H2,1-2H3/t13-/m1/s1. The fraction of sp³-hybridized carbons (Fsp3) is 0.235. The van der Waals surface area contributed by atoms with Gasteiger partial charge < -0.3 is 4.74 Å². The molecule has 0 fully saturated rings. The number of halogens is 1. The van der Waals surface area contributed by atoms with E-state index in [0.717, 1.165) is 5.56 Å². The molecule has 0 spiro atoms. The van der Waals surface area contributed by atoms with Crippen molar-refractivity contribution in [2.45, 2.75) is 24.8 Å². The molecule has 0 aliphatic rings. The van der Waals surface area contributed by atoms with Crippen molar-refractivity contribution in [3.8, 4) is 0 Å². The summed E-state index contributed by atoms with van der Waals surface area (Å²) in [5.41, 5.74) is 1.61. The number of esters is 1. The second-order valence-electron chi connectivity index (χ2n) is 5.29. The number of rotatable bonds is 6. The number of benzene rings is 2. The molecule has 0 unspecified atom stereocenters. The molecule has 128 valence electrons. The highest BCUT2D eigenvalue weighted by Gasteiger charge is 2.18. The van der Waals surface area contributed by atoms with E-state index in [1.54, 1.807) is 43.3 Å². The van der Waals surface area contributed by atoms with Crippen LogP contribution in [0.3, 0.4) is 0 Å². The van der Waals surface area contributed by atoms with Gasteiger partial charge in [0.05, 0.1) is 4.90 Å². The minimum atomic E-state index is -3.76. The van der Waals surface area contributed by atoms with E-state index in [1.165, 1.54) is 12.1 Å². The van der Waals surface area contributed by atoms with Crippen molar-refractivity contribution in [1.29, 1.82) is 0 Å². The van der Waals surface area contributed by atoms with E-state index in [1.807, 2.05) is 6.92 Å². The van der Waals surface area contributed by atoms with Gasteiger partial charge in [-0.3, -0.25) is 4.79 Å². The molecule has 0 heterocycles. The van der Waals surface area contributed by atoms with E-state index in [0.29, 0.717) is 10.6 Å². The molecule has 0 bridgehead atoms. The molecule has 0 saturated carbocycles. The minimum Gasteiger partial charge on any atom is -0.457 e. The van der Waals surface area contributed by atoms with Crippen LogP contribution in [0.15, 0.2) is 53.4 Å². The van der Waals surface area contributed by atoms with Crippen molar-refractivity contribution < 1.29 is 17.9 Å². The van der Waals surface area contributed by atoms with Crippen LogP contribution in [0.2, 0.25) is 5.02 Å². The fourth-order valence-electron chi connectivity index (χ4n) is 2.06. The third-order valence-electron chi connectivity index (χ3n) is 3.39. The van der Waals surface area contributed by atoms with Gasteiger partial charge in [0, 0.05) is 10.6 Å². The van der Waals surface area contributed by atoms with Crippen molar-refractivity contribution in [2.24, 2.45) is 0 Å². The number of carbonyl (C=O) groups excluding carboxylic acids is 1.